The first-order chi connectivity index (χ1) is 9.94. The Hall–Kier alpha value is -0.860. The molecule has 0 aliphatic carbocycles. The molecule has 0 saturated heterocycles. The number of thioether (sulfide) groups is 1. The first kappa shape index (κ1) is 19.2. The number of alkyl halides is 3. The number of halogens is 4. The topological polar surface area (TPSA) is 26.5 Å². The van der Waals surface area contributed by atoms with Crippen LogP contribution in [0.2, 0.25) is 0 Å². The third-order valence-corrected chi connectivity index (χ3v) is 4.37. The molecule has 1 aromatic heterocycles. The van der Waals surface area contributed by atoms with E-state index < -0.39 is 6.36 Å². The van der Waals surface area contributed by atoms with Crippen LogP contribution in [0.4, 0.5) is 13.2 Å². The van der Waals surface area contributed by atoms with Gasteiger partial charge in [0.1, 0.15) is 5.75 Å². The van der Waals surface area contributed by atoms with E-state index in [4.69, 9.17) is 0 Å². The minimum Gasteiger partial charge on any atom is -0.406 e. The van der Waals surface area contributed by atoms with Gasteiger partial charge in [0.25, 0.3) is 0 Å². The molecule has 22 heavy (non-hydrogen) atoms. The maximum absolute atomic E-state index is 12.3. The Morgan fingerprint density at radius 3 is 2.68 bits per heavy atom. The number of aromatic nitrogens is 1. The van der Waals surface area contributed by atoms with Gasteiger partial charge in [0.2, 0.25) is 0 Å². The lowest BCUT2D eigenvalue weighted by atomic mass is 10.3. The molecule has 0 amide bonds. The molecule has 2 aromatic rings. The second kappa shape index (κ2) is 8.12. The largest absolute Gasteiger partial charge is 0.573 e. The average molecular weight is 373 g/mol. The highest BCUT2D eigenvalue weighted by Gasteiger charge is 2.31. The summed E-state index contributed by atoms with van der Waals surface area (Å²) in [5.41, 5.74) is 0.885. The van der Waals surface area contributed by atoms with Gasteiger partial charge in [-0.05, 0) is 31.4 Å². The molecule has 3 nitrogen and oxygen atoms in total. The zero-order chi connectivity index (χ0) is 15.5. The van der Waals surface area contributed by atoms with Gasteiger partial charge < -0.3 is 9.30 Å². The van der Waals surface area contributed by atoms with Crippen LogP contribution in [-0.2, 0) is 6.54 Å². The molecule has 124 valence electrons. The van der Waals surface area contributed by atoms with Crippen molar-refractivity contribution >= 4 is 45.7 Å². The summed E-state index contributed by atoms with van der Waals surface area (Å²) in [6.45, 7) is 3.35. The van der Waals surface area contributed by atoms with Crippen LogP contribution in [0.1, 0.15) is 6.92 Å². The number of aryl methyl sites for hydroxylation is 1. The number of rotatable bonds is 5. The van der Waals surface area contributed by atoms with E-state index in [1.165, 1.54) is 23.5 Å². The monoisotopic (exact) mass is 372 g/mol. The molecule has 0 radical (unpaired) electrons. The molecular weight excluding hydrogens is 357 g/mol. The Morgan fingerprint density at radius 2 is 2.09 bits per heavy atom. The zero-order valence-electron chi connectivity index (χ0n) is 12.0. The van der Waals surface area contributed by atoms with Gasteiger partial charge in [-0.15, -0.1) is 25.6 Å². The summed E-state index contributed by atoms with van der Waals surface area (Å²) in [5, 5.41) is 0. The number of ether oxygens (including phenoxy) is 1. The van der Waals surface area contributed by atoms with Crippen LogP contribution >= 0.6 is 35.5 Å². The molecule has 0 aliphatic rings. The Balaban J connectivity index is 0.00000242. The Labute approximate surface area is 140 Å². The van der Waals surface area contributed by atoms with Crippen molar-refractivity contribution in [1.82, 2.24) is 4.57 Å². The number of fused-ring (bicyclic) bond motifs is 1. The lowest BCUT2D eigenvalue weighted by Gasteiger charge is -2.09. The van der Waals surface area contributed by atoms with E-state index in [1.807, 2.05) is 17.7 Å². The highest BCUT2D eigenvalue weighted by atomic mass is 35.5. The summed E-state index contributed by atoms with van der Waals surface area (Å²) in [5.74, 6) is 0.722. The van der Waals surface area contributed by atoms with E-state index in [9.17, 15) is 13.2 Å². The molecule has 1 heterocycles. The molecule has 0 atom stereocenters. The maximum atomic E-state index is 12.3. The van der Waals surface area contributed by atoms with Crippen molar-refractivity contribution in [2.45, 2.75) is 19.8 Å². The van der Waals surface area contributed by atoms with Crippen molar-refractivity contribution < 1.29 is 17.9 Å². The summed E-state index contributed by atoms with van der Waals surface area (Å²) < 4.78 is 43.5. The van der Waals surface area contributed by atoms with Crippen molar-refractivity contribution in [3.8, 4) is 5.75 Å². The zero-order valence-corrected chi connectivity index (χ0v) is 14.5. The van der Waals surface area contributed by atoms with E-state index in [1.54, 1.807) is 17.8 Å². The predicted octanol–water partition coefficient (Wildman–Crippen LogP) is 4.31. The second-order valence-electron chi connectivity index (χ2n) is 4.18. The molecule has 9 heteroatoms. The first-order valence-electron chi connectivity index (χ1n) is 6.33. The highest BCUT2D eigenvalue weighted by molar-refractivity contribution is 7.98. The molecular formula is C13H16ClF3N2OS2. The molecule has 0 spiro atoms. The SMILES string of the molecule is CCN=c1sc2cc(OC(F)(F)F)ccc2n1CCSC.Cl. The normalized spacial score (nSPS) is 12.5. The molecule has 0 bridgehead atoms. The summed E-state index contributed by atoms with van der Waals surface area (Å²) in [6.07, 6.45) is -2.66. The second-order valence-corrected chi connectivity index (χ2v) is 6.18. The quantitative estimate of drug-likeness (QED) is 0.782. The van der Waals surface area contributed by atoms with Gasteiger partial charge in [-0.25, -0.2) is 0 Å². The number of benzene rings is 1. The number of thiazole rings is 1. The van der Waals surface area contributed by atoms with Crippen molar-refractivity contribution in [3.05, 3.63) is 23.0 Å². The summed E-state index contributed by atoms with van der Waals surface area (Å²) >= 11 is 3.09. The van der Waals surface area contributed by atoms with Gasteiger partial charge in [0, 0.05) is 18.8 Å². The molecule has 0 aliphatic heterocycles. The van der Waals surface area contributed by atoms with E-state index in [0.29, 0.717) is 6.54 Å². The number of hydrogen-bond donors (Lipinski definition) is 0. The molecule has 0 unspecified atom stereocenters. The molecule has 0 saturated carbocycles. The van der Waals surface area contributed by atoms with Crippen LogP contribution in [0.15, 0.2) is 23.2 Å². The van der Waals surface area contributed by atoms with Crippen molar-refractivity contribution in [1.29, 1.82) is 0 Å². The minimum atomic E-state index is -4.67. The van der Waals surface area contributed by atoms with Crippen LogP contribution in [0, 0.1) is 0 Å². The lowest BCUT2D eigenvalue weighted by molar-refractivity contribution is -0.274. The van der Waals surface area contributed by atoms with Crippen LogP contribution in [-0.4, -0.2) is 29.5 Å². The number of hydrogen-bond acceptors (Lipinski definition) is 4. The molecule has 0 fully saturated rings. The average Bonchev–Trinajstić information content (AvgIpc) is 2.71. The Morgan fingerprint density at radius 1 is 1.36 bits per heavy atom. The summed E-state index contributed by atoms with van der Waals surface area (Å²) in [6, 6.07) is 4.41. The number of nitrogens with zero attached hydrogens (tertiary/aromatic N) is 2. The van der Waals surface area contributed by atoms with Crippen LogP contribution in [0.25, 0.3) is 10.2 Å². The van der Waals surface area contributed by atoms with E-state index in [0.717, 1.165) is 27.3 Å². The van der Waals surface area contributed by atoms with E-state index in [-0.39, 0.29) is 18.2 Å². The predicted molar refractivity (Wildman–Crippen MR) is 88.2 cm³/mol. The smallest absolute Gasteiger partial charge is 0.406 e. The van der Waals surface area contributed by atoms with Gasteiger partial charge in [0.15, 0.2) is 4.80 Å². The van der Waals surface area contributed by atoms with Gasteiger partial charge in [-0.1, -0.05) is 11.3 Å². The highest BCUT2D eigenvalue weighted by Crippen LogP contribution is 2.28. The van der Waals surface area contributed by atoms with Crippen LogP contribution in [0.5, 0.6) is 5.75 Å². The van der Waals surface area contributed by atoms with Gasteiger partial charge in [-0.3, -0.25) is 4.99 Å². The van der Waals surface area contributed by atoms with Gasteiger partial charge in [-0.2, -0.15) is 11.8 Å². The molecule has 2 rings (SSSR count). The van der Waals surface area contributed by atoms with Crippen LogP contribution in [0.3, 0.4) is 0 Å². The minimum absolute atomic E-state index is 0. The standard InChI is InChI=1S/C13H15F3N2OS2.ClH/c1-3-17-12-18(6-7-20-2)10-5-4-9(8-11(10)21-12)19-13(14,15)16;/h4-5,8H,3,6-7H2,1-2H3;1H. The fourth-order valence-corrected chi connectivity index (χ4v) is 3.42. The first-order valence-corrected chi connectivity index (χ1v) is 8.54. The van der Waals surface area contributed by atoms with Gasteiger partial charge >= 0.3 is 6.36 Å². The lowest BCUT2D eigenvalue weighted by Crippen LogP contribution is -2.17. The van der Waals surface area contributed by atoms with Crippen LogP contribution < -0.4 is 9.54 Å². The third-order valence-electron chi connectivity index (χ3n) is 2.70. The van der Waals surface area contributed by atoms with Crippen molar-refractivity contribution in [3.63, 3.8) is 0 Å². The fourth-order valence-electron chi connectivity index (χ4n) is 1.90. The van der Waals surface area contributed by atoms with Crippen molar-refractivity contribution in [2.24, 2.45) is 4.99 Å². The van der Waals surface area contributed by atoms with Crippen molar-refractivity contribution in [2.75, 3.05) is 18.6 Å². The Kier molecular flexibility index (Phi) is 7.08. The fraction of sp³-hybridized carbons (Fsp3) is 0.462. The third kappa shape index (κ3) is 4.82. The van der Waals surface area contributed by atoms with Gasteiger partial charge in [0.05, 0.1) is 10.2 Å². The van der Waals surface area contributed by atoms with E-state index >= 15 is 0 Å². The maximum Gasteiger partial charge on any atom is 0.573 e. The molecule has 1 aromatic carbocycles. The summed E-state index contributed by atoms with van der Waals surface area (Å²) in [4.78, 5) is 5.23. The summed E-state index contributed by atoms with van der Waals surface area (Å²) in [7, 11) is 0. The molecule has 0 N–H and O–H groups in total. The van der Waals surface area contributed by atoms with E-state index in [2.05, 4.69) is 9.73 Å². The Bertz CT molecular complexity index is 682.